The number of nitrogens with one attached hydrogen (secondary N) is 1. The summed E-state index contributed by atoms with van der Waals surface area (Å²) in [6, 6.07) is 26.4. The van der Waals surface area contributed by atoms with Crippen molar-refractivity contribution in [3.63, 3.8) is 0 Å². The Kier molecular flexibility index (Phi) is 6.26. The van der Waals surface area contributed by atoms with E-state index >= 15 is 0 Å². The highest BCUT2D eigenvalue weighted by Crippen LogP contribution is 2.26. The van der Waals surface area contributed by atoms with Crippen molar-refractivity contribution in [3.8, 4) is 11.5 Å². The number of hydrogen-bond acceptors (Lipinski definition) is 5. The summed E-state index contributed by atoms with van der Waals surface area (Å²) >= 11 is 0. The fourth-order valence-electron chi connectivity index (χ4n) is 3.11. The molecule has 3 N–H and O–H groups in total. The second-order valence-electron chi connectivity index (χ2n) is 6.22. The maximum atomic E-state index is 5.29. The van der Waals surface area contributed by atoms with Crippen molar-refractivity contribution >= 4 is 11.4 Å². The molecule has 3 aromatic rings. The van der Waals surface area contributed by atoms with Gasteiger partial charge in [-0.2, -0.15) is 10.5 Å². The van der Waals surface area contributed by atoms with Crippen LogP contribution < -0.4 is 43.0 Å². The van der Waals surface area contributed by atoms with Crippen molar-refractivity contribution in [1.82, 2.24) is 5.43 Å². The van der Waals surface area contributed by atoms with Crippen LogP contribution in [-0.4, -0.2) is 14.2 Å². The minimum atomic E-state index is 0. The number of rotatable bonds is 5. The first kappa shape index (κ1) is 19.8. The lowest BCUT2D eigenvalue weighted by Gasteiger charge is -2.25. The summed E-state index contributed by atoms with van der Waals surface area (Å²) in [5.74, 6) is 1.67. The molecule has 0 amide bonds. The number of anilines is 2. The fraction of sp³-hybridized carbons (Fsp3) is 0.143. The molecule has 6 nitrogen and oxygen atoms in total. The summed E-state index contributed by atoms with van der Waals surface area (Å²) in [5, 5.41) is 4.15. The van der Waals surface area contributed by atoms with E-state index in [0.717, 1.165) is 22.9 Å². The molecule has 1 heterocycles. The van der Waals surface area contributed by atoms with E-state index in [1.165, 1.54) is 5.56 Å². The molecule has 0 spiro atoms. The minimum absolute atomic E-state index is 0. The van der Waals surface area contributed by atoms with Crippen LogP contribution in [0.15, 0.2) is 78.9 Å². The lowest BCUT2D eigenvalue weighted by Crippen LogP contribution is -3.00. The Morgan fingerprint density at radius 2 is 1.29 bits per heavy atom. The van der Waals surface area contributed by atoms with Crippen LogP contribution >= 0.6 is 0 Å². The molecular formula is C21H23ClN4O2. The van der Waals surface area contributed by atoms with Gasteiger partial charge in [-0.25, -0.2) is 5.43 Å². The van der Waals surface area contributed by atoms with Gasteiger partial charge in [0.15, 0.2) is 0 Å². The Bertz CT molecular complexity index is 820. The minimum Gasteiger partial charge on any atom is -1.00 e. The first-order valence-electron chi connectivity index (χ1n) is 8.82. The third kappa shape index (κ3) is 3.99. The second kappa shape index (κ2) is 8.84. The summed E-state index contributed by atoms with van der Waals surface area (Å²) in [4.78, 5) is 0. The number of nitrogens with two attached hydrogens (primary N) is 1. The third-order valence-corrected chi connectivity index (χ3v) is 4.58. The van der Waals surface area contributed by atoms with E-state index in [0.29, 0.717) is 0 Å². The average molecular weight is 399 g/mol. The summed E-state index contributed by atoms with van der Waals surface area (Å²) in [6.45, 7) is 0. The Balaban J connectivity index is 0.00000225. The van der Waals surface area contributed by atoms with Gasteiger partial charge in [0.25, 0.3) is 0 Å². The van der Waals surface area contributed by atoms with Crippen molar-refractivity contribution < 1.29 is 27.3 Å². The van der Waals surface area contributed by atoms with Gasteiger partial charge < -0.3 is 21.9 Å². The van der Waals surface area contributed by atoms with Gasteiger partial charge in [-0.3, -0.25) is 0 Å². The Hall–Kier alpha value is -2.93. The molecular weight excluding hydrogens is 376 g/mol. The van der Waals surface area contributed by atoms with Gasteiger partial charge in [-0.1, -0.05) is 30.3 Å². The molecule has 1 aliphatic rings. The zero-order valence-corrected chi connectivity index (χ0v) is 16.5. The summed E-state index contributed by atoms with van der Waals surface area (Å²) in [6.07, 6.45) is 0.0652. The Labute approximate surface area is 171 Å². The molecule has 1 fully saturated rings. The molecule has 4 rings (SSSR count). The predicted molar refractivity (Wildman–Crippen MR) is 105 cm³/mol. The van der Waals surface area contributed by atoms with E-state index in [2.05, 4.69) is 40.2 Å². The van der Waals surface area contributed by atoms with Crippen LogP contribution in [0.1, 0.15) is 11.7 Å². The zero-order valence-electron chi connectivity index (χ0n) is 15.7. The van der Waals surface area contributed by atoms with Crippen molar-refractivity contribution in [2.24, 2.45) is 0 Å². The number of quaternary nitrogens is 1. The van der Waals surface area contributed by atoms with Gasteiger partial charge in [0, 0.05) is 5.56 Å². The van der Waals surface area contributed by atoms with Crippen LogP contribution in [0.5, 0.6) is 11.5 Å². The lowest BCUT2D eigenvalue weighted by molar-refractivity contribution is -0.691. The molecule has 7 heteroatoms. The molecule has 1 unspecified atom stereocenters. The number of halogens is 1. The van der Waals surface area contributed by atoms with Crippen LogP contribution in [0, 0.1) is 0 Å². The van der Waals surface area contributed by atoms with Crippen molar-refractivity contribution in [3.05, 3.63) is 84.4 Å². The van der Waals surface area contributed by atoms with Gasteiger partial charge in [-0.05, 0) is 48.5 Å². The van der Waals surface area contributed by atoms with E-state index in [1.54, 1.807) is 14.2 Å². The van der Waals surface area contributed by atoms with Gasteiger partial charge in [-0.15, -0.1) is 5.12 Å². The van der Waals surface area contributed by atoms with Gasteiger partial charge >= 0.3 is 0 Å². The Morgan fingerprint density at radius 1 is 0.750 bits per heavy atom. The van der Waals surface area contributed by atoms with Crippen molar-refractivity contribution in [2.45, 2.75) is 6.17 Å². The molecule has 3 aromatic carbocycles. The normalized spacial score (nSPS) is 15.9. The van der Waals surface area contributed by atoms with Crippen LogP contribution in [-0.2, 0) is 0 Å². The smallest absolute Gasteiger partial charge is 0.208 e. The van der Waals surface area contributed by atoms with Crippen LogP contribution in [0.25, 0.3) is 0 Å². The van der Waals surface area contributed by atoms with E-state index in [9.17, 15) is 0 Å². The van der Waals surface area contributed by atoms with Crippen LogP contribution in [0.4, 0.5) is 11.4 Å². The van der Waals surface area contributed by atoms with E-state index in [-0.39, 0.29) is 18.6 Å². The highest BCUT2D eigenvalue weighted by atomic mass is 35.5. The van der Waals surface area contributed by atoms with E-state index in [4.69, 9.17) is 9.47 Å². The lowest BCUT2D eigenvalue weighted by atomic mass is 10.2. The largest absolute Gasteiger partial charge is 1.00 e. The molecule has 28 heavy (non-hydrogen) atoms. The molecule has 1 aliphatic heterocycles. The molecule has 0 aliphatic carbocycles. The zero-order chi connectivity index (χ0) is 18.6. The molecule has 0 aromatic heterocycles. The van der Waals surface area contributed by atoms with E-state index < -0.39 is 0 Å². The third-order valence-electron chi connectivity index (χ3n) is 4.58. The molecule has 1 atom stereocenters. The van der Waals surface area contributed by atoms with E-state index in [1.807, 2.05) is 59.7 Å². The standard InChI is InChI=1S/C21H22N4O2.ClH/c1-26-19-12-8-17(9-13-19)24-22-21(16-6-4-3-5-7-16)23-25(24)18-10-14-20(27-2)15-11-18;/h3-15,21-23H,1-2H3;1H. The number of hydrazine groups is 2. The van der Waals surface area contributed by atoms with Gasteiger partial charge in [0.1, 0.15) is 17.2 Å². The molecule has 0 saturated carbocycles. The fourth-order valence-corrected chi connectivity index (χ4v) is 3.11. The molecule has 0 bridgehead atoms. The quantitative estimate of drug-likeness (QED) is 0.574. The summed E-state index contributed by atoms with van der Waals surface area (Å²) < 4.78 is 10.6. The number of hydrogen-bond donors (Lipinski definition) is 2. The first-order chi connectivity index (χ1) is 13.3. The monoisotopic (exact) mass is 398 g/mol. The number of ether oxygens (including phenoxy) is 2. The number of nitrogens with zero attached hydrogens (tertiary/aromatic N) is 2. The van der Waals surface area contributed by atoms with Crippen LogP contribution in [0.2, 0.25) is 0 Å². The number of methoxy groups -OCH3 is 2. The van der Waals surface area contributed by atoms with Crippen molar-refractivity contribution in [2.75, 3.05) is 24.5 Å². The molecule has 1 saturated heterocycles. The van der Waals surface area contributed by atoms with Gasteiger partial charge in [0.2, 0.25) is 6.17 Å². The second-order valence-corrected chi connectivity index (χ2v) is 6.22. The average Bonchev–Trinajstić information content (AvgIpc) is 3.20. The number of benzene rings is 3. The van der Waals surface area contributed by atoms with Crippen LogP contribution in [0.3, 0.4) is 0 Å². The maximum Gasteiger partial charge on any atom is 0.208 e. The molecule has 146 valence electrons. The SMILES string of the molecule is COc1ccc(N2NC(c3ccccc3)[NH2+]N2c2ccc(OC)cc2)cc1.[Cl-]. The predicted octanol–water partition coefficient (Wildman–Crippen LogP) is -0.369. The topological polar surface area (TPSA) is 53.6 Å². The van der Waals surface area contributed by atoms with Gasteiger partial charge in [0.05, 0.1) is 19.9 Å². The summed E-state index contributed by atoms with van der Waals surface area (Å²) in [7, 11) is 3.35. The van der Waals surface area contributed by atoms with Crippen molar-refractivity contribution in [1.29, 1.82) is 0 Å². The first-order valence-corrected chi connectivity index (χ1v) is 8.82. The summed E-state index contributed by atoms with van der Waals surface area (Å²) in [5.41, 5.74) is 8.99. The maximum absolute atomic E-state index is 5.29. The highest BCUT2D eigenvalue weighted by Gasteiger charge is 2.35. The highest BCUT2D eigenvalue weighted by molar-refractivity contribution is 5.57. The Morgan fingerprint density at radius 3 is 1.82 bits per heavy atom. The molecule has 0 radical (unpaired) electrons.